The second kappa shape index (κ2) is 13.9. The van der Waals surface area contributed by atoms with Gasteiger partial charge in [-0.2, -0.15) is 0 Å². The number of hydrogen-bond donors (Lipinski definition) is 2. The normalized spacial score (nSPS) is 14.5. The number of aliphatic imine (C=N–C) groups is 2. The number of alkyl halides is 4. The van der Waals surface area contributed by atoms with Gasteiger partial charge in [0, 0.05) is 42.1 Å². The van der Waals surface area contributed by atoms with Crippen molar-refractivity contribution in [1.82, 2.24) is 4.98 Å². The molecule has 0 saturated heterocycles. The molecule has 0 saturated carbocycles. The summed E-state index contributed by atoms with van der Waals surface area (Å²) in [6.07, 6.45) is -2.59. The van der Waals surface area contributed by atoms with E-state index in [1.807, 2.05) is 0 Å². The van der Waals surface area contributed by atoms with Crippen LogP contribution in [0.3, 0.4) is 0 Å². The van der Waals surface area contributed by atoms with E-state index in [4.69, 9.17) is 21.7 Å². The van der Waals surface area contributed by atoms with Gasteiger partial charge in [-0.1, -0.05) is 23.3 Å². The van der Waals surface area contributed by atoms with Crippen LogP contribution >= 0.6 is 11.6 Å². The van der Waals surface area contributed by atoms with Gasteiger partial charge in [-0.25, -0.2) is 36.7 Å². The summed E-state index contributed by atoms with van der Waals surface area (Å²) < 4.78 is 72.6. The van der Waals surface area contributed by atoms with Gasteiger partial charge in [0.25, 0.3) is 12.9 Å². The van der Waals surface area contributed by atoms with Crippen LogP contribution < -0.4 is 5.32 Å². The lowest BCUT2D eigenvalue weighted by atomic mass is 10.00. The Balaban J connectivity index is 2.24. The number of benzene rings is 1. The van der Waals surface area contributed by atoms with E-state index in [1.54, 1.807) is 19.9 Å². The Kier molecular flexibility index (Phi) is 10.7. The number of hydrogen-bond acceptors (Lipinski definition) is 7. The number of halogens is 6. The van der Waals surface area contributed by atoms with Gasteiger partial charge in [0.05, 0.1) is 28.6 Å². The van der Waals surface area contributed by atoms with Crippen molar-refractivity contribution in [1.29, 1.82) is 5.41 Å². The van der Waals surface area contributed by atoms with Crippen molar-refractivity contribution < 1.29 is 31.5 Å². The molecule has 1 aromatic carbocycles. The molecule has 7 nitrogen and oxygen atoms in total. The summed E-state index contributed by atoms with van der Waals surface area (Å²) >= 11 is 5.88. The number of esters is 1. The monoisotopic (exact) mass is 581 g/mol. The molecule has 0 aliphatic carbocycles. The first-order valence-electron chi connectivity index (χ1n) is 12.0. The Hall–Kier alpha value is -3.93. The minimum atomic E-state index is -3.27. The highest BCUT2D eigenvalue weighted by molar-refractivity contribution is 6.31. The lowest BCUT2D eigenvalue weighted by Gasteiger charge is -2.17. The number of amidine groups is 1. The van der Waals surface area contributed by atoms with Gasteiger partial charge < -0.3 is 15.5 Å². The molecule has 0 fully saturated rings. The molecule has 2 aromatic rings. The fourth-order valence-electron chi connectivity index (χ4n) is 3.56. The van der Waals surface area contributed by atoms with Crippen LogP contribution in [-0.2, 0) is 4.74 Å². The van der Waals surface area contributed by atoms with Crippen molar-refractivity contribution in [2.45, 2.75) is 46.0 Å². The third-order valence-electron chi connectivity index (χ3n) is 5.53. The molecule has 0 unspecified atom stereocenters. The maximum absolute atomic E-state index is 13.9. The largest absolute Gasteiger partial charge is 0.462 e. The van der Waals surface area contributed by atoms with Crippen molar-refractivity contribution >= 4 is 46.1 Å². The summed E-state index contributed by atoms with van der Waals surface area (Å²) in [7, 11) is 0. The molecule has 0 bridgehead atoms. The van der Waals surface area contributed by atoms with E-state index < -0.39 is 42.5 Å². The van der Waals surface area contributed by atoms with Crippen LogP contribution in [0, 0.1) is 11.2 Å². The molecule has 1 aromatic heterocycles. The van der Waals surface area contributed by atoms with Crippen LogP contribution in [0.2, 0.25) is 5.02 Å². The second-order valence-electron chi connectivity index (χ2n) is 8.63. The van der Waals surface area contributed by atoms with Crippen LogP contribution in [0.4, 0.5) is 27.6 Å². The number of nitrogens with zero attached hydrogens (tertiary/aromatic N) is 3. The van der Waals surface area contributed by atoms with Gasteiger partial charge in [0.1, 0.15) is 11.7 Å². The smallest absolute Gasteiger partial charge is 0.339 e. The number of nitrogens with one attached hydrogen (secondary N) is 2. The summed E-state index contributed by atoms with van der Waals surface area (Å²) in [6, 6.07) is 5.28. The van der Waals surface area contributed by atoms with Gasteiger partial charge in [-0.05, 0) is 44.5 Å². The van der Waals surface area contributed by atoms with E-state index in [9.17, 15) is 26.7 Å². The predicted octanol–water partition coefficient (Wildman–Crippen LogP) is 7.35. The maximum Gasteiger partial charge on any atom is 0.339 e. The van der Waals surface area contributed by atoms with E-state index in [2.05, 4.69) is 20.3 Å². The quantitative estimate of drug-likeness (QED) is 0.184. The molecule has 2 heterocycles. The van der Waals surface area contributed by atoms with E-state index in [0.717, 1.165) is 11.6 Å². The number of ether oxygens (including phenoxy) is 1. The van der Waals surface area contributed by atoms with Crippen molar-refractivity contribution in [3.8, 4) is 0 Å². The molecule has 1 aliphatic heterocycles. The zero-order valence-electron chi connectivity index (χ0n) is 21.5. The number of anilines is 1. The number of pyridine rings is 1. The fourth-order valence-corrected chi connectivity index (χ4v) is 3.74. The molecule has 1 aliphatic rings. The highest BCUT2D eigenvalue weighted by Gasteiger charge is 2.23. The first-order valence-corrected chi connectivity index (χ1v) is 12.4. The van der Waals surface area contributed by atoms with Gasteiger partial charge in [0.2, 0.25) is 0 Å². The summed E-state index contributed by atoms with van der Waals surface area (Å²) in [4.78, 5) is 24.8. The van der Waals surface area contributed by atoms with Crippen LogP contribution in [0.15, 0.2) is 64.1 Å². The summed E-state index contributed by atoms with van der Waals surface area (Å²) in [6.45, 7) is 3.52. The molecule has 2 N–H and O–H groups in total. The Morgan fingerprint density at radius 2 is 1.93 bits per heavy atom. The Labute approximate surface area is 232 Å². The molecular weight excluding hydrogens is 557 g/mol. The predicted molar refractivity (Wildman–Crippen MR) is 144 cm³/mol. The highest BCUT2D eigenvalue weighted by atomic mass is 35.5. The highest BCUT2D eigenvalue weighted by Crippen LogP contribution is 2.29. The fraction of sp³-hybridized carbons (Fsp3) is 0.296. The molecule has 13 heteroatoms. The minimum Gasteiger partial charge on any atom is -0.462 e. The number of carbonyl (C=O) groups excluding carboxylic acids is 1. The average Bonchev–Trinajstić information content (AvgIpc) is 2.90. The maximum atomic E-state index is 13.9. The zero-order valence-corrected chi connectivity index (χ0v) is 22.2. The third kappa shape index (κ3) is 8.28. The standard InChI is InChI=1S/C27H25ClF5N5O2/c1-3-40-27(39)16-9-15(12-35-13-16)18-8-14(2)4-7-23(36-17-5-6-20(29)19(28)10-17)38-26(18)37-22(25(32)33)11-21(34)24(30)31/h5-6,8-10,12-13,24-25,34H,3-4,7,11H2,1-2H3,(H,36,38). The van der Waals surface area contributed by atoms with Crippen LogP contribution in [0.5, 0.6) is 0 Å². The Morgan fingerprint density at radius 3 is 2.58 bits per heavy atom. The van der Waals surface area contributed by atoms with Crippen LogP contribution in [0.25, 0.3) is 5.57 Å². The number of allylic oxidation sites excluding steroid dienone is 3. The first kappa shape index (κ1) is 30.6. The molecule has 212 valence electrons. The van der Waals surface area contributed by atoms with E-state index in [1.165, 1.54) is 30.6 Å². The van der Waals surface area contributed by atoms with Gasteiger partial charge >= 0.3 is 5.97 Å². The third-order valence-corrected chi connectivity index (χ3v) is 5.82. The second-order valence-corrected chi connectivity index (χ2v) is 9.04. The summed E-state index contributed by atoms with van der Waals surface area (Å²) in [5.41, 5.74) is -0.559. The molecular formula is C27H25ClF5N5O2. The number of carbonyl (C=O) groups is 1. The number of rotatable bonds is 9. The van der Waals surface area contributed by atoms with Crippen molar-refractivity contribution in [2.24, 2.45) is 9.98 Å². The van der Waals surface area contributed by atoms with E-state index in [0.29, 0.717) is 12.1 Å². The molecule has 0 atom stereocenters. The molecule has 0 spiro atoms. The SMILES string of the molecule is CCOC(=O)c1cncc(C2=C(N=C(CC(=N)C(F)F)C(F)F)N=C(Nc3ccc(F)c(Cl)c3)CCC(C)=C2)c1. The lowest BCUT2D eigenvalue weighted by molar-refractivity contribution is 0.0525. The summed E-state index contributed by atoms with van der Waals surface area (Å²) in [5, 5.41) is 10.2. The summed E-state index contributed by atoms with van der Waals surface area (Å²) in [5.74, 6) is -1.37. The molecule has 0 radical (unpaired) electrons. The van der Waals surface area contributed by atoms with Gasteiger partial charge in [-0.15, -0.1) is 0 Å². The van der Waals surface area contributed by atoms with Gasteiger partial charge in [-0.3, -0.25) is 4.98 Å². The lowest BCUT2D eigenvalue weighted by Crippen LogP contribution is -2.21. The van der Waals surface area contributed by atoms with Gasteiger partial charge in [0.15, 0.2) is 5.82 Å². The van der Waals surface area contributed by atoms with E-state index >= 15 is 0 Å². The minimum absolute atomic E-state index is 0.0835. The molecule has 0 amide bonds. The Morgan fingerprint density at radius 1 is 1.18 bits per heavy atom. The molecule has 40 heavy (non-hydrogen) atoms. The molecule has 3 rings (SSSR count). The van der Waals surface area contributed by atoms with Crippen molar-refractivity contribution in [2.75, 3.05) is 11.9 Å². The first-order chi connectivity index (χ1) is 19.0. The van der Waals surface area contributed by atoms with Crippen LogP contribution in [0.1, 0.15) is 49.0 Å². The van der Waals surface area contributed by atoms with Crippen molar-refractivity contribution in [3.63, 3.8) is 0 Å². The van der Waals surface area contributed by atoms with Crippen LogP contribution in [-0.4, -0.2) is 47.7 Å². The van der Waals surface area contributed by atoms with E-state index in [-0.39, 0.29) is 46.4 Å². The Bertz CT molecular complexity index is 1410. The topological polar surface area (TPSA) is 99.8 Å². The van der Waals surface area contributed by atoms with Crippen molar-refractivity contribution in [3.05, 3.63) is 76.1 Å². The number of aromatic nitrogens is 1. The average molecular weight is 582 g/mol. The zero-order chi connectivity index (χ0) is 29.4.